The molecule has 0 aliphatic heterocycles. The van der Waals surface area contributed by atoms with E-state index in [0.717, 1.165) is 4.90 Å². The lowest BCUT2D eigenvalue weighted by Crippen LogP contribution is -1.53. The summed E-state index contributed by atoms with van der Waals surface area (Å²) in [5, 5.41) is 6.36. The van der Waals surface area contributed by atoms with Crippen molar-refractivity contribution in [3.05, 3.63) is 12.4 Å². The number of hydrogen-bond donors (Lipinski definition) is 2. The minimum Gasteiger partial charge on any atom is -0.285 e. The Morgan fingerprint density at radius 2 is 2.22 bits per heavy atom. The van der Waals surface area contributed by atoms with E-state index in [4.69, 9.17) is 0 Å². The van der Waals surface area contributed by atoms with E-state index in [1.807, 2.05) is 0 Å². The summed E-state index contributed by atoms with van der Waals surface area (Å²) in [5.74, 6) is 0. The van der Waals surface area contributed by atoms with Crippen molar-refractivity contribution < 1.29 is 0 Å². The molecule has 0 radical (unpaired) electrons. The first-order chi connectivity index (χ1) is 3.43. The van der Waals surface area contributed by atoms with Crippen LogP contribution < -0.4 is 0 Å². The van der Waals surface area contributed by atoms with Crippen LogP contribution in [0.15, 0.2) is 17.3 Å². The zero-order valence-electron chi connectivity index (χ0n) is 4.27. The molecule has 0 saturated carbocycles. The fourth-order valence-corrected chi connectivity index (χ4v) is 0.794. The van der Waals surface area contributed by atoms with E-state index < -0.39 is 0 Å². The van der Waals surface area contributed by atoms with Crippen LogP contribution in [0.1, 0.15) is 0 Å². The Morgan fingerprint density at radius 3 is 2.44 bits per heavy atom. The highest BCUT2D eigenvalue weighted by atomic mass is 35.5. The Bertz CT molecular complexity index is 132. The van der Waals surface area contributed by atoms with Gasteiger partial charge in [0.15, 0.2) is 0 Å². The second-order valence-corrected chi connectivity index (χ2v) is 2.23. The van der Waals surface area contributed by atoms with Crippen LogP contribution in [0.5, 0.6) is 0 Å². The zero-order chi connectivity index (χ0) is 5.11. The van der Waals surface area contributed by atoms with Gasteiger partial charge in [0, 0.05) is 6.20 Å². The first-order valence-electron chi connectivity index (χ1n) is 1.73. The number of rotatable bonds is 1. The van der Waals surface area contributed by atoms with E-state index in [0.29, 0.717) is 0 Å². The number of hydrogen-bond acceptors (Lipinski definition) is 3. The van der Waals surface area contributed by atoms with E-state index in [-0.39, 0.29) is 24.8 Å². The van der Waals surface area contributed by atoms with Gasteiger partial charge in [0.25, 0.3) is 0 Å². The Morgan fingerprint density at radius 1 is 1.56 bits per heavy atom. The predicted octanol–water partition coefficient (Wildman–Crippen LogP) is 2.19. The molecule has 1 rings (SSSR count). The highest BCUT2D eigenvalue weighted by molar-refractivity contribution is 8.68. The van der Waals surface area contributed by atoms with Gasteiger partial charge in [-0.15, -0.1) is 36.5 Å². The number of nitrogens with zero attached hydrogens (tertiary/aromatic N) is 1. The number of thiol groups is 1. The normalized spacial score (nSPS) is 7.22. The minimum absolute atomic E-state index is 0. The highest BCUT2D eigenvalue weighted by Gasteiger charge is 1.84. The van der Waals surface area contributed by atoms with E-state index in [1.54, 1.807) is 12.4 Å². The summed E-state index contributed by atoms with van der Waals surface area (Å²) < 4.78 is 0. The number of aromatic nitrogens is 2. The summed E-state index contributed by atoms with van der Waals surface area (Å²) in [6.07, 6.45) is 3.51. The molecule has 0 amide bonds. The Balaban J connectivity index is 0. The average molecular weight is 205 g/mol. The molecule has 1 aromatic heterocycles. The van der Waals surface area contributed by atoms with Crippen LogP contribution in [0.3, 0.4) is 0 Å². The summed E-state index contributed by atoms with van der Waals surface area (Å²) in [4.78, 5) is 1.04. The van der Waals surface area contributed by atoms with Crippen LogP contribution in [0, 0.1) is 0 Å². The van der Waals surface area contributed by atoms with Crippen molar-refractivity contribution in [2.75, 3.05) is 0 Å². The van der Waals surface area contributed by atoms with Gasteiger partial charge in [-0.25, -0.2) is 0 Å². The molecule has 0 aliphatic rings. The van der Waals surface area contributed by atoms with Gasteiger partial charge in [-0.3, -0.25) is 5.10 Å². The SMILES string of the molecule is Cl.Cl.SSc1cn[nH]c1. The summed E-state index contributed by atoms with van der Waals surface area (Å²) in [6, 6.07) is 0. The quantitative estimate of drug-likeness (QED) is 0.543. The third-order valence-corrected chi connectivity index (χ3v) is 1.65. The van der Waals surface area contributed by atoms with Crippen LogP contribution in [0.4, 0.5) is 0 Å². The fraction of sp³-hybridized carbons (Fsp3) is 0. The summed E-state index contributed by atoms with van der Waals surface area (Å²) >= 11 is 3.93. The maximum atomic E-state index is 3.93. The maximum absolute atomic E-state index is 3.93. The molecule has 54 valence electrons. The zero-order valence-corrected chi connectivity index (χ0v) is 7.62. The standard InChI is InChI=1S/C3H4N2S2.2ClH/c6-7-3-1-4-5-2-3;;/h1-2,6H,(H,4,5);2*1H. The van der Waals surface area contributed by atoms with Gasteiger partial charge in [-0.05, 0) is 0 Å². The number of H-pyrrole nitrogens is 1. The van der Waals surface area contributed by atoms with Crippen LogP contribution in [0.2, 0.25) is 0 Å². The highest BCUT2D eigenvalue weighted by Crippen LogP contribution is 2.17. The molecule has 2 nitrogen and oxygen atoms in total. The molecule has 0 aromatic carbocycles. The second-order valence-electron chi connectivity index (χ2n) is 1.03. The predicted molar refractivity (Wildman–Crippen MR) is 47.9 cm³/mol. The average Bonchev–Trinajstić information content (AvgIpc) is 2.14. The maximum Gasteiger partial charge on any atom is 0.0632 e. The third-order valence-electron chi connectivity index (χ3n) is 0.579. The van der Waals surface area contributed by atoms with Gasteiger partial charge < -0.3 is 0 Å². The third kappa shape index (κ3) is 3.97. The van der Waals surface area contributed by atoms with Crippen molar-refractivity contribution in [3.8, 4) is 0 Å². The number of halogens is 2. The molecule has 9 heavy (non-hydrogen) atoms. The van der Waals surface area contributed by atoms with E-state index in [1.165, 1.54) is 10.8 Å². The number of aromatic amines is 1. The van der Waals surface area contributed by atoms with Crippen LogP contribution in [-0.4, -0.2) is 10.2 Å². The Kier molecular flexibility index (Phi) is 8.95. The van der Waals surface area contributed by atoms with Crippen molar-refractivity contribution in [2.24, 2.45) is 0 Å². The molecule has 0 atom stereocenters. The molecule has 6 heteroatoms. The van der Waals surface area contributed by atoms with E-state index in [9.17, 15) is 0 Å². The van der Waals surface area contributed by atoms with Crippen LogP contribution in [0.25, 0.3) is 0 Å². The molecule has 0 spiro atoms. The number of nitrogens with one attached hydrogen (secondary N) is 1. The van der Waals surface area contributed by atoms with Crippen LogP contribution in [-0.2, 0) is 0 Å². The summed E-state index contributed by atoms with van der Waals surface area (Å²) in [7, 11) is 1.38. The van der Waals surface area contributed by atoms with Crippen molar-refractivity contribution in [1.29, 1.82) is 0 Å². The minimum atomic E-state index is 0. The first-order valence-corrected chi connectivity index (χ1v) is 3.60. The van der Waals surface area contributed by atoms with Crippen molar-refractivity contribution in [3.63, 3.8) is 0 Å². The molecule has 1 heterocycles. The van der Waals surface area contributed by atoms with Crippen molar-refractivity contribution in [1.82, 2.24) is 10.2 Å². The second kappa shape index (κ2) is 6.61. The van der Waals surface area contributed by atoms with Gasteiger partial charge in [-0.1, -0.05) is 10.8 Å². The molecule has 1 N–H and O–H groups in total. The monoisotopic (exact) mass is 204 g/mol. The lowest BCUT2D eigenvalue weighted by atomic mass is 10.8. The van der Waals surface area contributed by atoms with E-state index in [2.05, 4.69) is 21.9 Å². The van der Waals surface area contributed by atoms with Crippen molar-refractivity contribution >= 4 is 47.3 Å². The first kappa shape index (κ1) is 12.2. The molecule has 0 unspecified atom stereocenters. The van der Waals surface area contributed by atoms with Gasteiger partial charge in [0.1, 0.15) is 0 Å². The topological polar surface area (TPSA) is 28.7 Å². The molecule has 1 aromatic rings. The van der Waals surface area contributed by atoms with Gasteiger partial charge in [0.05, 0.1) is 11.1 Å². The Labute approximate surface area is 74.8 Å². The van der Waals surface area contributed by atoms with Crippen LogP contribution >= 0.6 is 47.3 Å². The molecular weight excluding hydrogens is 199 g/mol. The fourth-order valence-electron chi connectivity index (χ4n) is 0.289. The molecule has 0 saturated heterocycles. The smallest absolute Gasteiger partial charge is 0.0632 e. The molecule has 0 aliphatic carbocycles. The molecule has 0 fully saturated rings. The van der Waals surface area contributed by atoms with Gasteiger partial charge in [-0.2, -0.15) is 5.10 Å². The van der Waals surface area contributed by atoms with Crippen molar-refractivity contribution in [2.45, 2.75) is 4.90 Å². The lowest BCUT2D eigenvalue weighted by molar-refractivity contribution is 1.09. The summed E-state index contributed by atoms with van der Waals surface area (Å²) in [6.45, 7) is 0. The molecule has 0 bridgehead atoms. The van der Waals surface area contributed by atoms with Gasteiger partial charge in [0.2, 0.25) is 0 Å². The lowest BCUT2D eigenvalue weighted by Gasteiger charge is -1.75. The largest absolute Gasteiger partial charge is 0.285 e. The van der Waals surface area contributed by atoms with E-state index >= 15 is 0 Å². The molecular formula is C3H6Cl2N2S2. The summed E-state index contributed by atoms with van der Waals surface area (Å²) in [5.41, 5.74) is 0. The van der Waals surface area contributed by atoms with Gasteiger partial charge >= 0.3 is 0 Å². The Hall–Kier alpha value is 0.490.